The van der Waals surface area contributed by atoms with E-state index in [1.54, 1.807) is 4.57 Å². The molecule has 3 heterocycles. The molecule has 3 N–H and O–H groups in total. The van der Waals surface area contributed by atoms with Crippen LogP contribution in [0.1, 0.15) is 58.1 Å². The molecule has 3 rings (SSSR count). The largest absolute Gasteiger partial charge is 0.394 e. The van der Waals surface area contributed by atoms with E-state index in [2.05, 4.69) is 27.2 Å². The number of hydrogen-bond donors (Lipinski definition) is 3. The van der Waals surface area contributed by atoms with Gasteiger partial charge in [-0.05, 0) is 6.42 Å². The number of rotatable bonds is 9. The van der Waals surface area contributed by atoms with E-state index in [1.165, 1.54) is 25.5 Å². The Hall–Kier alpha value is -2.10. The van der Waals surface area contributed by atoms with Gasteiger partial charge in [0.2, 0.25) is 5.91 Å². The van der Waals surface area contributed by atoms with E-state index >= 15 is 0 Å². The lowest BCUT2D eigenvalue weighted by atomic mass is 10.1. The molecule has 3 unspecified atom stereocenters. The van der Waals surface area contributed by atoms with Crippen LogP contribution in [-0.2, 0) is 9.53 Å². The number of unbranched alkanes of at least 4 members (excludes halogenated alkanes) is 4. The number of aromatic nitrogens is 4. The molecule has 2 aromatic heterocycles. The summed E-state index contributed by atoms with van der Waals surface area (Å²) in [6, 6.07) is 0. The molecule has 0 spiro atoms. The summed E-state index contributed by atoms with van der Waals surface area (Å²) in [7, 11) is 0. The average molecular weight is 377 g/mol. The number of aliphatic hydroxyl groups is 2. The van der Waals surface area contributed by atoms with E-state index < -0.39 is 18.4 Å². The van der Waals surface area contributed by atoms with Crippen LogP contribution < -0.4 is 5.32 Å². The first kappa shape index (κ1) is 19.7. The normalized spacial score (nSPS) is 22.4. The first-order chi connectivity index (χ1) is 13.1. The number of carbonyl (C=O) groups is 1. The van der Waals surface area contributed by atoms with Crippen LogP contribution in [0.4, 0.5) is 5.82 Å². The Balaban J connectivity index is 1.68. The topological polar surface area (TPSA) is 122 Å². The van der Waals surface area contributed by atoms with E-state index in [9.17, 15) is 15.0 Å². The molecule has 2 aromatic rings. The van der Waals surface area contributed by atoms with Crippen LogP contribution in [0.2, 0.25) is 0 Å². The van der Waals surface area contributed by atoms with Crippen molar-refractivity contribution in [3.63, 3.8) is 0 Å². The van der Waals surface area contributed by atoms with Crippen molar-refractivity contribution in [2.75, 3.05) is 11.9 Å². The average Bonchev–Trinajstić information content (AvgIpc) is 3.25. The SMILES string of the molecule is CCCCCCCC(=O)Nc1ncnc2c1ncn2C1OC(CO)CC1O. The van der Waals surface area contributed by atoms with Gasteiger partial charge < -0.3 is 20.3 Å². The highest BCUT2D eigenvalue weighted by atomic mass is 16.5. The fourth-order valence-corrected chi connectivity index (χ4v) is 3.31. The molecule has 1 saturated heterocycles. The van der Waals surface area contributed by atoms with Crippen LogP contribution in [0.5, 0.6) is 0 Å². The smallest absolute Gasteiger partial charge is 0.225 e. The summed E-state index contributed by atoms with van der Waals surface area (Å²) in [6.07, 6.45) is 7.17. The third kappa shape index (κ3) is 4.60. The maximum Gasteiger partial charge on any atom is 0.225 e. The predicted octanol–water partition coefficient (Wildman–Crippen LogP) is 1.77. The van der Waals surface area contributed by atoms with Crippen LogP contribution in [0.15, 0.2) is 12.7 Å². The molecule has 0 aromatic carbocycles. The molecule has 148 valence electrons. The number of amides is 1. The number of fused-ring (bicyclic) bond motifs is 1. The van der Waals surface area contributed by atoms with Gasteiger partial charge in [-0.1, -0.05) is 32.6 Å². The van der Waals surface area contributed by atoms with E-state index in [0.29, 0.717) is 29.8 Å². The fourth-order valence-electron chi connectivity index (χ4n) is 3.31. The molecule has 0 saturated carbocycles. The number of carbonyl (C=O) groups excluding carboxylic acids is 1. The first-order valence-electron chi connectivity index (χ1n) is 9.55. The van der Waals surface area contributed by atoms with Crippen LogP contribution in [-0.4, -0.2) is 54.5 Å². The molecule has 0 bridgehead atoms. The zero-order valence-corrected chi connectivity index (χ0v) is 15.5. The molecule has 0 radical (unpaired) electrons. The third-order valence-corrected chi connectivity index (χ3v) is 4.77. The summed E-state index contributed by atoms with van der Waals surface area (Å²) in [5.74, 6) is 0.252. The molecule has 3 atom stereocenters. The maximum atomic E-state index is 12.2. The Bertz CT molecular complexity index is 765. The number of imidazole rings is 1. The van der Waals surface area contributed by atoms with Crippen molar-refractivity contribution in [2.45, 2.75) is 70.3 Å². The van der Waals surface area contributed by atoms with Gasteiger partial charge in [0.05, 0.1) is 19.0 Å². The standard InChI is InChI=1S/C18H27N5O4/c1-2-3-4-5-6-7-14(26)22-16-15-17(20-10-19-16)23(11-21-15)18-13(25)8-12(9-24)27-18/h10-13,18,24-25H,2-9H2,1H3,(H,19,20,22,26). The molecule has 0 aliphatic carbocycles. The Labute approximate surface area is 157 Å². The summed E-state index contributed by atoms with van der Waals surface area (Å²) in [4.78, 5) is 24.8. The molecule has 9 heteroatoms. The summed E-state index contributed by atoms with van der Waals surface area (Å²) in [5.41, 5.74) is 0.908. The minimum absolute atomic E-state index is 0.0986. The molecule has 1 aliphatic heterocycles. The summed E-state index contributed by atoms with van der Waals surface area (Å²) < 4.78 is 7.27. The first-order valence-corrected chi connectivity index (χ1v) is 9.55. The highest BCUT2D eigenvalue weighted by Gasteiger charge is 2.36. The Morgan fingerprint density at radius 3 is 2.85 bits per heavy atom. The molecule has 27 heavy (non-hydrogen) atoms. The number of hydrogen-bond acceptors (Lipinski definition) is 7. The van der Waals surface area contributed by atoms with Crippen molar-refractivity contribution < 1.29 is 19.7 Å². The Kier molecular flexibility index (Phi) is 6.70. The summed E-state index contributed by atoms with van der Waals surface area (Å²) >= 11 is 0. The van der Waals surface area contributed by atoms with Crippen LogP contribution in [0.25, 0.3) is 11.2 Å². The van der Waals surface area contributed by atoms with Crippen molar-refractivity contribution in [1.82, 2.24) is 19.5 Å². The van der Waals surface area contributed by atoms with E-state index in [1.807, 2.05) is 0 Å². The van der Waals surface area contributed by atoms with E-state index in [-0.39, 0.29) is 12.5 Å². The van der Waals surface area contributed by atoms with E-state index in [0.717, 1.165) is 19.3 Å². The van der Waals surface area contributed by atoms with Crippen molar-refractivity contribution in [1.29, 1.82) is 0 Å². The highest BCUT2D eigenvalue weighted by Crippen LogP contribution is 2.31. The van der Waals surface area contributed by atoms with Crippen molar-refractivity contribution in [3.05, 3.63) is 12.7 Å². The number of nitrogens with zero attached hydrogens (tertiary/aromatic N) is 4. The van der Waals surface area contributed by atoms with Gasteiger partial charge >= 0.3 is 0 Å². The number of ether oxygens (including phenoxy) is 1. The zero-order valence-electron chi connectivity index (χ0n) is 15.5. The Morgan fingerprint density at radius 1 is 1.30 bits per heavy atom. The van der Waals surface area contributed by atoms with Gasteiger partial charge in [0.15, 0.2) is 23.2 Å². The molecular weight excluding hydrogens is 350 g/mol. The van der Waals surface area contributed by atoms with Crippen molar-refractivity contribution in [3.8, 4) is 0 Å². The lowest BCUT2D eigenvalue weighted by molar-refractivity contribution is -0.116. The monoisotopic (exact) mass is 377 g/mol. The van der Waals surface area contributed by atoms with Crippen molar-refractivity contribution in [2.24, 2.45) is 0 Å². The van der Waals surface area contributed by atoms with Crippen molar-refractivity contribution >= 4 is 22.9 Å². The molecule has 1 aliphatic rings. The predicted molar refractivity (Wildman–Crippen MR) is 98.9 cm³/mol. The van der Waals surface area contributed by atoms with Gasteiger partial charge in [-0.3, -0.25) is 9.36 Å². The van der Waals surface area contributed by atoms with Gasteiger partial charge in [0.25, 0.3) is 0 Å². The zero-order chi connectivity index (χ0) is 19.2. The van der Waals surface area contributed by atoms with Crippen LogP contribution in [0.3, 0.4) is 0 Å². The highest BCUT2D eigenvalue weighted by molar-refractivity contribution is 5.96. The quantitative estimate of drug-likeness (QED) is 0.569. The maximum absolute atomic E-state index is 12.2. The lowest BCUT2D eigenvalue weighted by Gasteiger charge is -2.16. The summed E-state index contributed by atoms with van der Waals surface area (Å²) in [6.45, 7) is 2.00. The second-order valence-electron chi connectivity index (χ2n) is 6.89. The second kappa shape index (κ2) is 9.20. The molecule has 1 fully saturated rings. The van der Waals surface area contributed by atoms with Crippen LogP contribution >= 0.6 is 0 Å². The molecular formula is C18H27N5O4. The van der Waals surface area contributed by atoms with Gasteiger partial charge in [0.1, 0.15) is 12.4 Å². The van der Waals surface area contributed by atoms with Gasteiger partial charge in [-0.25, -0.2) is 15.0 Å². The molecule has 1 amide bonds. The van der Waals surface area contributed by atoms with Crippen LogP contribution in [0, 0.1) is 0 Å². The second-order valence-corrected chi connectivity index (χ2v) is 6.89. The number of anilines is 1. The Morgan fingerprint density at radius 2 is 2.11 bits per heavy atom. The third-order valence-electron chi connectivity index (χ3n) is 4.77. The number of nitrogens with one attached hydrogen (secondary N) is 1. The van der Waals surface area contributed by atoms with Gasteiger partial charge in [0, 0.05) is 12.8 Å². The minimum atomic E-state index is -0.768. The van der Waals surface area contributed by atoms with Gasteiger partial charge in [-0.2, -0.15) is 0 Å². The minimum Gasteiger partial charge on any atom is -0.394 e. The van der Waals surface area contributed by atoms with E-state index in [4.69, 9.17) is 4.74 Å². The molecule has 9 nitrogen and oxygen atoms in total. The van der Waals surface area contributed by atoms with Gasteiger partial charge in [-0.15, -0.1) is 0 Å². The summed E-state index contributed by atoms with van der Waals surface area (Å²) in [5, 5.41) is 22.2. The number of aliphatic hydroxyl groups excluding tert-OH is 2. The fraction of sp³-hybridized carbons (Fsp3) is 0.667. The lowest BCUT2D eigenvalue weighted by Crippen LogP contribution is -2.19.